The van der Waals surface area contributed by atoms with Crippen molar-refractivity contribution in [2.75, 3.05) is 13.7 Å². The fraction of sp³-hybridized carbons (Fsp3) is 0.500. The first-order valence-electron chi connectivity index (χ1n) is 5.19. The van der Waals surface area contributed by atoms with Gasteiger partial charge in [0.15, 0.2) is 0 Å². The average Bonchev–Trinajstić information content (AvgIpc) is 2.29. The first-order valence-corrected chi connectivity index (χ1v) is 5.19. The molecule has 0 aliphatic heterocycles. The molecular weight excluding hydrogens is 224 g/mol. The number of hydrogen-bond acceptors (Lipinski definition) is 5. The molecule has 1 aromatic rings. The van der Waals surface area contributed by atoms with E-state index in [1.54, 1.807) is 6.92 Å². The highest BCUT2D eigenvalue weighted by Gasteiger charge is 2.05. The van der Waals surface area contributed by atoms with Crippen molar-refractivity contribution in [3.8, 4) is 5.75 Å². The van der Waals surface area contributed by atoms with Crippen LogP contribution < -0.4 is 21.3 Å². The zero-order valence-electron chi connectivity index (χ0n) is 9.84. The van der Waals surface area contributed by atoms with Gasteiger partial charge in [0, 0.05) is 19.2 Å². The highest BCUT2D eigenvalue weighted by atomic mass is 16.5. The summed E-state index contributed by atoms with van der Waals surface area (Å²) in [5, 5.41) is 6.23. The smallest absolute Gasteiger partial charge is 0.270 e. The molecule has 0 aliphatic rings. The number of amides is 1. The summed E-state index contributed by atoms with van der Waals surface area (Å²) in [6, 6.07) is 1.15. The number of carbonyl (C=O) groups is 1. The van der Waals surface area contributed by atoms with Gasteiger partial charge in [0.05, 0.1) is 6.20 Å². The van der Waals surface area contributed by atoms with Crippen molar-refractivity contribution >= 4 is 5.91 Å². The average molecular weight is 240 g/mol. The summed E-state index contributed by atoms with van der Waals surface area (Å²) in [4.78, 5) is 22.6. The van der Waals surface area contributed by atoms with Crippen LogP contribution in [0.1, 0.15) is 6.92 Å². The van der Waals surface area contributed by atoms with E-state index in [9.17, 15) is 9.59 Å². The maximum absolute atomic E-state index is 11.5. The second kappa shape index (κ2) is 6.00. The van der Waals surface area contributed by atoms with E-state index in [0.29, 0.717) is 12.4 Å². The minimum absolute atomic E-state index is 0.108. The third-order valence-corrected chi connectivity index (χ3v) is 1.93. The summed E-state index contributed by atoms with van der Waals surface area (Å²) in [6.45, 7) is 1.99. The van der Waals surface area contributed by atoms with Crippen molar-refractivity contribution in [2.45, 2.75) is 19.5 Å². The summed E-state index contributed by atoms with van der Waals surface area (Å²) in [5.41, 5.74) is 5.12. The monoisotopic (exact) mass is 240 g/mol. The van der Waals surface area contributed by atoms with Gasteiger partial charge in [-0.15, -0.1) is 0 Å². The van der Waals surface area contributed by atoms with E-state index in [-0.39, 0.29) is 18.5 Å². The lowest BCUT2D eigenvalue weighted by molar-refractivity contribution is -0.121. The van der Waals surface area contributed by atoms with Crippen molar-refractivity contribution in [1.29, 1.82) is 0 Å². The van der Waals surface area contributed by atoms with Crippen LogP contribution in [-0.2, 0) is 11.3 Å². The van der Waals surface area contributed by atoms with Crippen molar-refractivity contribution in [3.05, 3.63) is 22.6 Å². The molecule has 0 radical (unpaired) electrons. The molecule has 7 heteroatoms. The van der Waals surface area contributed by atoms with Crippen LogP contribution in [0.15, 0.2) is 17.1 Å². The highest BCUT2D eigenvalue weighted by Crippen LogP contribution is 2.03. The number of likely N-dealkylation sites (N-methyl/N-ethyl adjacent to an activating group) is 1. The molecule has 0 bridgehead atoms. The Morgan fingerprint density at radius 3 is 2.94 bits per heavy atom. The number of nitrogens with one attached hydrogen (secondary N) is 1. The van der Waals surface area contributed by atoms with Crippen LogP contribution >= 0.6 is 0 Å². The SMILES string of the molecule is CNC(=O)Cn1ncc(OCC(C)N)cc1=O. The number of carbonyl (C=O) groups excluding carboxylic acids is 1. The second-order valence-corrected chi connectivity index (χ2v) is 3.65. The standard InChI is InChI=1S/C10H16N4O3/c1-7(11)6-17-8-3-10(16)14(13-4-8)5-9(15)12-2/h3-4,7H,5-6,11H2,1-2H3,(H,12,15). The minimum Gasteiger partial charge on any atom is -0.490 e. The Balaban J connectivity index is 2.72. The molecule has 1 heterocycles. The van der Waals surface area contributed by atoms with Gasteiger partial charge in [-0.2, -0.15) is 5.10 Å². The molecule has 17 heavy (non-hydrogen) atoms. The van der Waals surface area contributed by atoms with Gasteiger partial charge in [-0.25, -0.2) is 4.68 Å². The highest BCUT2D eigenvalue weighted by molar-refractivity contribution is 5.75. The van der Waals surface area contributed by atoms with Gasteiger partial charge >= 0.3 is 0 Å². The van der Waals surface area contributed by atoms with Crippen LogP contribution in [0.3, 0.4) is 0 Å². The van der Waals surface area contributed by atoms with Crippen LogP contribution in [0.25, 0.3) is 0 Å². The predicted octanol–water partition coefficient (Wildman–Crippen LogP) is -1.28. The van der Waals surface area contributed by atoms with Crippen LogP contribution in [-0.4, -0.2) is 35.4 Å². The van der Waals surface area contributed by atoms with Crippen LogP contribution in [0.4, 0.5) is 0 Å². The van der Waals surface area contributed by atoms with Crippen LogP contribution in [0, 0.1) is 0 Å². The third kappa shape index (κ3) is 4.23. The number of aromatic nitrogens is 2. The zero-order valence-corrected chi connectivity index (χ0v) is 9.84. The van der Waals surface area contributed by atoms with Crippen molar-refractivity contribution in [2.24, 2.45) is 5.73 Å². The van der Waals surface area contributed by atoms with E-state index < -0.39 is 5.56 Å². The summed E-state index contributed by atoms with van der Waals surface area (Å²) < 4.78 is 6.29. The van der Waals surface area contributed by atoms with Gasteiger partial charge < -0.3 is 15.8 Å². The summed E-state index contributed by atoms with van der Waals surface area (Å²) in [6.07, 6.45) is 1.38. The van der Waals surface area contributed by atoms with E-state index in [1.807, 2.05) is 0 Å². The topological polar surface area (TPSA) is 99.2 Å². The van der Waals surface area contributed by atoms with Gasteiger partial charge in [0.2, 0.25) is 5.91 Å². The molecular formula is C10H16N4O3. The minimum atomic E-state index is -0.393. The summed E-state index contributed by atoms with van der Waals surface area (Å²) in [7, 11) is 1.49. The number of hydrogen-bond donors (Lipinski definition) is 2. The third-order valence-electron chi connectivity index (χ3n) is 1.93. The Bertz CT molecular complexity index is 441. The molecule has 1 rings (SSSR count). The van der Waals surface area contributed by atoms with E-state index in [0.717, 1.165) is 4.68 Å². The largest absolute Gasteiger partial charge is 0.490 e. The van der Waals surface area contributed by atoms with Gasteiger partial charge in [0.25, 0.3) is 5.56 Å². The van der Waals surface area contributed by atoms with Crippen LogP contribution in [0.5, 0.6) is 5.75 Å². The molecule has 3 N–H and O–H groups in total. The van der Waals surface area contributed by atoms with Crippen molar-refractivity contribution in [3.63, 3.8) is 0 Å². The fourth-order valence-electron chi connectivity index (χ4n) is 1.06. The normalized spacial score (nSPS) is 11.9. The van der Waals surface area contributed by atoms with E-state index in [2.05, 4.69) is 10.4 Å². The number of ether oxygens (including phenoxy) is 1. The Hall–Kier alpha value is -1.89. The second-order valence-electron chi connectivity index (χ2n) is 3.65. The molecule has 7 nitrogen and oxygen atoms in total. The summed E-state index contributed by atoms with van der Waals surface area (Å²) >= 11 is 0. The number of rotatable bonds is 5. The molecule has 1 aromatic heterocycles. The summed E-state index contributed by atoms with van der Waals surface area (Å²) in [5.74, 6) is 0.0595. The molecule has 0 aliphatic carbocycles. The Morgan fingerprint density at radius 1 is 1.71 bits per heavy atom. The molecule has 0 saturated heterocycles. The van der Waals surface area contributed by atoms with Crippen molar-refractivity contribution in [1.82, 2.24) is 15.1 Å². The molecule has 1 unspecified atom stereocenters. The lowest BCUT2D eigenvalue weighted by Crippen LogP contribution is -2.31. The fourth-order valence-corrected chi connectivity index (χ4v) is 1.06. The van der Waals surface area contributed by atoms with Crippen LogP contribution in [0.2, 0.25) is 0 Å². The van der Waals surface area contributed by atoms with E-state index in [1.165, 1.54) is 19.3 Å². The lowest BCUT2D eigenvalue weighted by Gasteiger charge is -2.09. The molecule has 94 valence electrons. The zero-order chi connectivity index (χ0) is 12.8. The molecule has 1 atom stereocenters. The molecule has 0 saturated carbocycles. The molecule has 0 aromatic carbocycles. The quantitative estimate of drug-likeness (QED) is 0.667. The maximum atomic E-state index is 11.5. The lowest BCUT2D eigenvalue weighted by atomic mass is 10.4. The van der Waals surface area contributed by atoms with Crippen molar-refractivity contribution < 1.29 is 9.53 Å². The Labute approximate surface area is 98.6 Å². The van der Waals surface area contributed by atoms with Gasteiger partial charge in [-0.3, -0.25) is 9.59 Å². The first-order chi connectivity index (χ1) is 8.02. The Morgan fingerprint density at radius 2 is 2.41 bits per heavy atom. The van der Waals surface area contributed by atoms with E-state index >= 15 is 0 Å². The van der Waals surface area contributed by atoms with Gasteiger partial charge in [0.1, 0.15) is 18.9 Å². The number of nitrogens with zero attached hydrogens (tertiary/aromatic N) is 2. The first kappa shape index (κ1) is 13.2. The van der Waals surface area contributed by atoms with Gasteiger partial charge in [-0.05, 0) is 6.92 Å². The molecule has 1 amide bonds. The molecule has 0 spiro atoms. The Kier molecular flexibility index (Phi) is 4.65. The maximum Gasteiger partial charge on any atom is 0.270 e. The predicted molar refractivity (Wildman–Crippen MR) is 61.7 cm³/mol. The van der Waals surface area contributed by atoms with Gasteiger partial charge in [-0.1, -0.05) is 0 Å². The number of nitrogens with two attached hydrogens (primary N) is 1. The molecule has 0 fully saturated rings. The van der Waals surface area contributed by atoms with E-state index in [4.69, 9.17) is 10.5 Å².